The monoisotopic (exact) mass is 962 g/mol. The number of rotatable bonds is 47. The molecule has 2 aliphatic rings. The van der Waals surface area contributed by atoms with Crippen molar-refractivity contribution >= 4 is 35.3 Å². The second-order valence-corrected chi connectivity index (χ2v) is 16.4. The number of carbonyl (C=O) groups is 3. The molecular formula is C45H79N5O15S. The summed E-state index contributed by atoms with van der Waals surface area (Å²) in [5.41, 5.74) is 7.54. The largest absolute Gasteiger partial charge is 0.399 e. The molecular weight excluding hydrogens is 883 g/mol. The molecule has 0 radical (unpaired) electrons. The lowest BCUT2D eigenvalue weighted by atomic mass is 10.0. The van der Waals surface area contributed by atoms with Crippen LogP contribution >= 0.6 is 11.8 Å². The lowest BCUT2D eigenvalue weighted by molar-refractivity contribution is -0.122. The van der Waals surface area contributed by atoms with Crippen molar-refractivity contribution in [1.82, 2.24) is 21.3 Å². The fourth-order valence-corrected chi connectivity index (χ4v) is 7.97. The third-order valence-corrected chi connectivity index (χ3v) is 11.4. The highest BCUT2D eigenvalue weighted by molar-refractivity contribution is 8.00. The third kappa shape index (κ3) is 32.0. The molecule has 0 bridgehead atoms. The Morgan fingerprint density at radius 2 is 0.909 bits per heavy atom. The van der Waals surface area contributed by atoms with Crippen LogP contribution in [0.15, 0.2) is 24.3 Å². The summed E-state index contributed by atoms with van der Waals surface area (Å²) >= 11 is 1.90. The molecule has 1 aromatic carbocycles. The van der Waals surface area contributed by atoms with Crippen LogP contribution in [0, 0.1) is 0 Å². The number of carbonyl (C=O) groups excluding carboxylic acids is 3. The maximum Gasteiger partial charge on any atom is 0.315 e. The van der Waals surface area contributed by atoms with Crippen molar-refractivity contribution < 1.29 is 71.2 Å². The predicted molar refractivity (Wildman–Crippen MR) is 249 cm³/mol. The van der Waals surface area contributed by atoms with Crippen molar-refractivity contribution in [3.8, 4) is 0 Å². The van der Waals surface area contributed by atoms with E-state index in [4.69, 9.17) is 62.6 Å². The minimum Gasteiger partial charge on any atom is -0.399 e. The Morgan fingerprint density at radius 1 is 0.515 bits per heavy atom. The first kappa shape index (κ1) is 57.4. The molecule has 2 saturated heterocycles. The summed E-state index contributed by atoms with van der Waals surface area (Å²) in [6.45, 7) is 12.2. The van der Waals surface area contributed by atoms with E-state index in [1.54, 1.807) is 0 Å². The minimum atomic E-state index is -0.0637. The van der Waals surface area contributed by atoms with Gasteiger partial charge in [0, 0.05) is 42.6 Å². The summed E-state index contributed by atoms with van der Waals surface area (Å²) in [7, 11) is 0. The van der Waals surface area contributed by atoms with Crippen LogP contribution in [0.2, 0.25) is 0 Å². The van der Waals surface area contributed by atoms with Crippen molar-refractivity contribution in [2.24, 2.45) is 0 Å². The molecule has 6 N–H and O–H groups in total. The zero-order valence-electron chi connectivity index (χ0n) is 39.0. The number of fused-ring (bicyclic) bond motifs is 1. The number of nitrogens with two attached hydrogens (primary N) is 1. The van der Waals surface area contributed by atoms with E-state index >= 15 is 0 Å². The number of nitrogen functional groups attached to an aromatic ring is 1. The van der Waals surface area contributed by atoms with Crippen molar-refractivity contribution in [2.75, 3.05) is 183 Å². The molecule has 66 heavy (non-hydrogen) atoms. The average molecular weight is 962 g/mol. The number of anilines is 1. The Morgan fingerprint density at radius 3 is 1.36 bits per heavy atom. The second kappa shape index (κ2) is 41.1. The van der Waals surface area contributed by atoms with Gasteiger partial charge in [-0.05, 0) is 37.0 Å². The first-order chi connectivity index (χ1) is 32.5. The molecule has 0 aromatic heterocycles. The van der Waals surface area contributed by atoms with E-state index in [9.17, 15) is 14.4 Å². The van der Waals surface area contributed by atoms with Gasteiger partial charge in [-0.1, -0.05) is 18.6 Å². The fourth-order valence-electron chi connectivity index (χ4n) is 6.43. The van der Waals surface area contributed by atoms with E-state index in [0.29, 0.717) is 190 Å². The van der Waals surface area contributed by atoms with Crippen molar-refractivity contribution in [3.63, 3.8) is 0 Å². The van der Waals surface area contributed by atoms with Gasteiger partial charge >= 0.3 is 6.03 Å². The van der Waals surface area contributed by atoms with Crippen LogP contribution in [0.3, 0.4) is 0 Å². The molecule has 20 nitrogen and oxygen atoms in total. The number of unbranched alkanes of at least 4 members (excludes halogenated alkanes) is 1. The highest BCUT2D eigenvalue weighted by Gasteiger charge is 2.42. The number of benzene rings is 1. The molecule has 2 aliphatic heterocycles. The van der Waals surface area contributed by atoms with Crippen molar-refractivity contribution in [1.29, 1.82) is 0 Å². The summed E-state index contributed by atoms with van der Waals surface area (Å²) in [5, 5.41) is 12.2. The molecule has 380 valence electrons. The van der Waals surface area contributed by atoms with Crippen molar-refractivity contribution in [2.45, 2.75) is 55.9 Å². The number of thioether (sulfide) groups is 1. The van der Waals surface area contributed by atoms with Gasteiger partial charge in [-0.15, -0.1) is 0 Å². The van der Waals surface area contributed by atoms with Gasteiger partial charge in [0.15, 0.2) is 0 Å². The van der Waals surface area contributed by atoms with Gasteiger partial charge in [0.2, 0.25) is 11.8 Å². The summed E-state index contributed by atoms with van der Waals surface area (Å²) in [5.74, 6) is 0.959. The van der Waals surface area contributed by atoms with Crippen molar-refractivity contribution in [3.05, 3.63) is 29.8 Å². The van der Waals surface area contributed by atoms with E-state index in [2.05, 4.69) is 21.3 Å². The topological polar surface area (TPSA) is 236 Å². The zero-order chi connectivity index (χ0) is 46.8. The number of amides is 4. The van der Waals surface area contributed by atoms with Gasteiger partial charge in [0.1, 0.15) is 0 Å². The number of ether oxygens (including phenoxy) is 12. The Hall–Kier alpha value is -2.90. The third-order valence-electron chi connectivity index (χ3n) is 9.93. The van der Waals surface area contributed by atoms with Crippen LogP contribution in [-0.2, 0) is 72.9 Å². The molecule has 3 atom stereocenters. The smallest absolute Gasteiger partial charge is 0.315 e. The summed E-state index contributed by atoms with van der Waals surface area (Å²) in [6.07, 6.45) is 4.39. The molecule has 21 heteroatoms. The number of hydrogen-bond donors (Lipinski definition) is 5. The predicted octanol–water partition coefficient (Wildman–Crippen LogP) is 1.36. The fraction of sp³-hybridized carbons (Fsp3) is 0.800. The van der Waals surface area contributed by atoms with Gasteiger partial charge in [-0.2, -0.15) is 11.8 Å². The molecule has 4 amide bonds. The minimum absolute atomic E-state index is 0.0355. The highest BCUT2D eigenvalue weighted by atomic mass is 32.2. The maximum absolute atomic E-state index is 12.1. The lowest BCUT2D eigenvalue weighted by Gasteiger charge is -2.16. The van der Waals surface area contributed by atoms with Crippen LogP contribution in [0.4, 0.5) is 10.5 Å². The molecule has 0 spiro atoms. The van der Waals surface area contributed by atoms with Crippen LogP contribution in [0.1, 0.15) is 37.7 Å². The number of urea groups is 1. The number of nitrogens with one attached hydrogen (secondary N) is 4. The average Bonchev–Trinajstić information content (AvgIpc) is 3.88. The van der Waals surface area contributed by atoms with Gasteiger partial charge in [-0.25, -0.2) is 4.79 Å². The van der Waals surface area contributed by atoms with Crippen LogP contribution in [0.5, 0.6) is 0 Å². The molecule has 1 aromatic rings. The Bertz CT molecular complexity index is 1340. The molecule has 3 rings (SSSR count). The first-order valence-electron chi connectivity index (χ1n) is 23.5. The Balaban J connectivity index is 0.879. The van der Waals surface area contributed by atoms with E-state index in [0.717, 1.165) is 42.7 Å². The summed E-state index contributed by atoms with van der Waals surface area (Å²) in [6, 6.07) is 8.02. The molecule has 2 heterocycles. The van der Waals surface area contributed by atoms with Crippen LogP contribution < -0.4 is 27.0 Å². The summed E-state index contributed by atoms with van der Waals surface area (Å²) in [4.78, 5) is 35.5. The second-order valence-electron chi connectivity index (χ2n) is 15.2. The van der Waals surface area contributed by atoms with Gasteiger partial charge < -0.3 is 83.8 Å². The zero-order valence-corrected chi connectivity index (χ0v) is 39.8. The van der Waals surface area contributed by atoms with Gasteiger partial charge in [0.05, 0.1) is 171 Å². The van der Waals surface area contributed by atoms with E-state index in [-0.39, 0.29) is 29.9 Å². The Labute approximate surface area is 395 Å². The van der Waals surface area contributed by atoms with E-state index < -0.39 is 0 Å². The van der Waals surface area contributed by atoms with Gasteiger partial charge in [-0.3, -0.25) is 9.59 Å². The van der Waals surface area contributed by atoms with Gasteiger partial charge in [0.25, 0.3) is 0 Å². The first-order valence-corrected chi connectivity index (χ1v) is 24.6. The normalized spacial score (nSPS) is 16.6. The quantitative estimate of drug-likeness (QED) is 0.0352. The molecule has 0 unspecified atom stereocenters. The Kier molecular flexibility index (Phi) is 35.8. The maximum atomic E-state index is 12.1. The van der Waals surface area contributed by atoms with Crippen LogP contribution in [0.25, 0.3) is 0 Å². The standard InChI is InChI=1S/C45H79N5O15S/c46-39-7-5-38(6-8-39)9-11-47-43(52)10-13-54-15-17-56-19-21-58-23-25-60-27-29-62-31-33-64-35-36-65-34-32-63-30-28-61-26-24-59-22-20-57-18-16-55-14-12-48-42(51)4-2-1-3-41-44-40(37-66-41)49-45(53)50-44/h5-8,40-41,44H,1-4,9-37,46H2,(H,47,52)(H,48,51)(H2,49,50,53)/t40-,41-,44-/m0/s1. The SMILES string of the molecule is Nc1ccc(CCNC(=O)CCOCCOCCOCCOCCOCCOCCOCCOCCOCCOCCOCCOCCNC(=O)CCCC[C@@H]2SC[C@@H]3NC(=O)N[C@@H]32)cc1. The van der Waals surface area contributed by atoms with E-state index in [1.165, 1.54) is 0 Å². The summed E-state index contributed by atoms with van der Waals surface area (Å²) < 4.78 is 66.0. The number of hydrogen-bond acceptors (Lipinski definition) is 17. The molecule has 0 aliphatic carbocycles. The highest BCUT2D eigenvalue weighted by Crippen LogP contribution is 2.33. The molecule has 2 fully saturated rings. The van der Waals surface area contributed by atoms with Crippen LogP contribution in [-0.4, -0.2) is 213 Å². The molecule has 0 saturated carbocycles. The van der Waals surface area contributed by atoms with E-state index in [1.807, 2.05) is 36.0 Å². The lowest BCUT2D eigenvalue weighted by Crippen LogP contribution is -2.36.